The molecule has 1 fully saturated rings. The highest BCUT2D eigenvalue weighted by Crippen LogP contribution is 2.46. The number of Topliss-reactive ketones (excluding diaryl/α,β-unsaturated/α-hetero) is 1. The Morgan fingerprint density at radius 3 is 2.63 bits per heavy atom. The molecule has 0 spiro atoms. The summed E-state index contributed by atoms with van der Waals surface area (Å²) in [5, 5.41) is 0.349. The molecule has 0 aromatic heterocycles. The second-order valence-electron chi connectivity index (χ2n) is 7.70. The van der Waals surface area contributed by atoms with Gasteiger partial charge in [0.25, 0.3) is 0 Å². The number of fused-ring (bicyclic) bond motifs is 1. The maximum atomic E-state index is 13.3. The van der Waals surface area contributed by atoms with Crippen LogP contribution in [-0.4, -0.2) is 18.6 Å². The average molecular weight is 385 g/mol. The Balaban J connectivity index is 1.50. The summed E-state index contributed by atoms with van der Waals surface area (Å²) in [6.07, 6.45) is 5.32. The van der Waals surface area contributed by atoms with Gasteiger partial charge in [-0.25, -0.2) is 4.39 Å². The second-order valence-corrected chi connectivity index (χ2v) is 8.68. The van der Waals surface area contributed by atoms with Crippen LogP contribution < -0.4 is 0 Å². The Bertz CT molecular complexity index is 800. The number of hydrogen-bond acceptors (Lipinski definition) is 3. The number of carbonyl (C=O) groups is 1. The van der Waals surface area contributed by atoms with Crippen molar-refractivity contribution in [3.05, 3.63) is 71.0 Å². The van der Waals surface area contributed by atoms with E-state index in [9.17, 15) is 9.18 Å². The van der Waals surface area contributed by atoms with Crippen molar-refractivity contribution in [3.8, 4) is 0 Å². The van der Waals surface area contributed by atoms with E-state index in [2.05, 4.69) is 30.5 Å². The number of ether oxygens (including phenoxy) is 1. The molecule has 4 rings (SSSR count). The second kappa shape index (κ2) is 8.15. The number of halogens is 1. The zero-order chi connectivity index (χ0) is 18.8. The van der Waals surface area contributed by atoms with Crippen molar-refractivity contribution in [3.63, 3.8) is 0 Å². The summed E-state index contributed by atoms with van der Waals surface area (Å²) in [4.78, 5) is 13.2. The lowest BCUT2D eigenvalue weighted by Crippen LogP contribution is -2.21. The quantitative estimate of drug-likeness (QED) is 0.599. The van der Waals surface area contributed by atoms with E-state index in [1.54, 1.807) is 12.1 Å². The van der Waals surface area contributed by atoms with E-state index in [4.69, 9.17) is 4.74 Å². The third-order valence-electron chi connectivity index (χ3n) is 5.65. The van der Waals surface area contributed by atoms with Crippen molar-refractivity contribution in [2.45, 2.75) is 37.0 Å². The van der Waals surface area contributed by atoms with Crippen LogP contribution in [-0.2, 0) is 16.0 Å². The van der Waals surface area contributed by atoms with Gasteiger partial charge in [0.1, 0.15) is 11.9 Å². The van der Waals surface area contributed by atoms with Crippen LogP contribution in [0.1, 0.15) is 47.3 Å². The molecule has 0 N–H and O–H groups in total. The molecular formula is C23H25FO2S. The Kier molecular flexibility index (Phi) is 5.65. The lowest BCUT2D eigenvalue weighted by atomic mass is 9.93. The number of ketones is 1. The predicted octanol–water partition coefficient (Wildman–Crippen LogP) is 5.53. The van der Waals surface area contributed by atoms with Crippen LogP contribution in [0.15, 0.2) is 48.5 Å². The molecule has 2 aromatic carbocycles. The van der Waals surface area contributed by atoms with Gasteiger partial charge in [0.15, 0.2) is 5.78 Å². The Morgan fingerprint density at radius 2 is 1.93 bits per heavy atom. The summed E-state index contributed by atoms with van der Waals surface area (Å²) >= 11 is 1.82. The van der Waals surface area contributed by atoms with Crippen LogP contribution in [0.25, 0.3) is 0 Å². The molecule has 3 atom stereocenters. The number of hydrogen-bond donors (Lipinski definition) is 0. The summed E-state index contributed by atoms with van der Waals surface area (Å²) in [6.45, 7) is 0.616. The number of carbonyl (C=O) groups excluding carboxylic acids is 1. The Morgan fingerprint density at radius 1 is 1.19 bits per heavy atom. The highest BCUT2D eigenvalue weighted by Gasteiger charge is 2.35. The van der Waals surface area contributed by atoms with Crippen LogP contribution in [0.4, 0.5) is 4.39 Å². The van der Waals surface area contributed by atoms with Crippen molar-refractivity contribution in [2.75, 3.05) is 12.9 Å². The monoisotopic (exact) mass is 384 g/mol. The van der Waals surface area contributed by atoms with Crippen LogP contribution >= 0.6 is 11.8 Å². The van der Waals surface area contributed by atoms with Crippen molar-refractivity contribution >= 4 is 17.5 Å². The number of benzene rings is 2. The molecular weight excluding hydrogens is 359 g/mol. The van der Waals surface area contributed by atoms with E-state index < -0.39 is 6.10 Å². The van der Waals surface area contributed by atoms with Gasteiger partial charge < -0.3 is 4.74 Å². The number of thioether (sulfide) groups is 1. The van der Waals surface area contributed by atoms with Gasteiger partial charge in [-0.1, -0.05) is 36.4 Å². The van der Waals surface area contributed by atoms with E-state index in [1.165, 1.54) is 36.1 Å². The first-order valence-corrected chi connectivity index (χ1v) is 10.9. The van der Waals surface area contributed by atoms with Crippen molar-refractivity contribution in [2.24, 2.45) is 11.8 Å². The molecule has 0 bridgehead atoms. The fourth-order valence-corrected chi connectivity index (χ4v) is 5.10. The third kappa shape index (κ3) is 4.27. The fourth-order valence-electron chi connectivity index (χ4n) is 4.03. The molecule has 4 heteroatoms. The molecule has 1 saturated carbocycles. The molecule has 0 saturated heterocycles. The van der Waals surface area contributed by atoms with Gasteiger partial charge >= 0.3 is 0 Å². The maximum absolute atomic E-state index is 13.3. The highest BCUT2D eigenvalue weighted by atomic mass is 32.2. The van der Waals surface area contributed by atoms with Gasteiger partial charge in [0.2, 0.25) is 0 Å². The zero-order valence-electron chi connectivity index (χ0n) is 15.6. The van der Waals surface area contributed by atoms with E-state index in [1.807, 2.05) is 11.8 Å². The van der Waals surface area contributed by atoms with Gasteiger partial charge in [0, 0.05) is 11.7 Å². The molecule has 0 heterocycles. The van der Waals surface area contributed by atoms with Crippen LogP contribution in [0, 0.1) is 17.7 Å². The van der Waals surface area contributed by atoms with Gasteiger partial charge in [-0.2, -0.15) is 11.8 Å². The minimum Gasteiger partial charge on any atom is -0.365 e. The van der Waals surface area contributed by atoms with Crippen LogP contribution in [0.2, 0.25) is 0 Å². The Hall–Kier alpha value is -1.65. The molecule has 142 valence electrons. The Labute approximate surface area is 164 Å². The largest absolute Gasteiger partial charge is 0.365 e. The van der Waals surface area contributed by atoms with Crippen molar-refractivity contribution in [1.29, 1.82) is 0 Å². The first-order valence-electron chi connectivity index (χ1n) is 9.66. The van der Waals surface area contributed by atoms with E-state index in [0.29, 0.717) is 24.2 Å². The summed E-state index contributed by atoms with van der Waals surface area (Å²) in [5.41, 5.74) is 3.48. The molecule has 2 nitrogen and oxygen atoms in total. The van der Waals surface area contributed by atoms with E-state index >= 15 is 0 Å². The SMILES string of the molecule is CSC1c2ccccc2CC1CC(=O)C(OCC1CC1)c1ccc(F)cc1. The molecule has 3 unspecified atom stereocenters. The number of rotatable bonds is 8. The van der Waals surface area contributed by atoms with Crippen LogP contribution in [0.5, 0.6) is 0 Å². The van der Waals surface area contributed by atoms with Crippen molar-refractivity contribution < 1.29 is 13.9 Å². The molecule has 2 aromatic rings. The summed E-state index contributed by atoms with van der Waals surface area (Å²) < 4.78 is 19.4. The summed E-state index contributed by atoms with van der Waals surface area (Å²) in [6, 6.07) is 14.7. The normalized spacial score (nSPS) is 22.4. The van der Waals surface area contributed by atoms with Gasteiger partial charge in [-0.05, 0) is 66.2 Å². The van der Waals surface area contributed by atoms with Gasteiger partial charge in [0.05, 0.1) is 6.61 Å². The first-order chi connectivity index (χ1) is 13.2. The fraction of sp³-hybridized carbons (Fsp3) is 0.435. The van der Waals surface area contributed by atoms with Gasteiger partial charge in [-0.3, -0.25) is 4.79 Å². The summed E-state index contributed by atoms with van der Waals surface area (Å²) in [7, 11) is 0. The van der Waals surface area contributed by atoms with E-state index in [-0.39, 0.29) is 17.5 Å². The molecule has 27 heavy (non-hydrogen) atoms. The van der Waals surface area contributed by atoms with E-state index in [0.717, 1.165) is 12.0 Å². The minimum absolute atomic E-state index is 0.110. The maximum Gasteiger partial charge on any atom is 0.166 e. The summed E-state index contributed by atoms with van der Waals surface area (Å²) in [5.74, 6) is 0.688. The third-order valence-corrected chi connectivity index (χ3v) is 6.80. The average Bonchev–Trinajstić information content (AvgIpc) is 3.43. The molecule has 0 amide bonds. The predicted molar refractivity (Wildman–Crippen MR) is 107 cm³/mol. The topological polar surface area (TPSA) is 26.3 Å². The standard InChI is InChI=1S/C23H25FO2S/c1-27-23-18(12-17-4-2-3-5-20(17)23)13-21(25)22(26-14-15-6-7-15)16-8-10-19(24)11-9-16/h2-5,8-11,15,18,22-23H,6-7,12-14H2,1H3. The highest BCUT2D eigenvalue weighted by molar-refractivity contribution is 7.98. The molecule has 2 aliphatic rings. The molecule has 2 aliphatic carbocycles. The first kappa shape index (κ1) is 18.7. The van der Waals surface area contributed by atoms with Crippen molar-refractivity contribution in [1.82, 2.24) is 0 Å². The van der Waals surface area contributed by atoms with Gasteiger partial charge in [-0.15, -0.1) is 0 Å². The lowest BCUT2D eigenvalue weighted by Gasteiger charge is -2.22. The lowest BCUT2D eigenvalue weighted by molar-refractivity contribution is -0.132. The molecule has 0 radical (unpaired) electrons. The minimum atomic E-state index is -0.586. The van der Waals surface area contributed by atoms with Crippen LogP contribution in [0.3, 0.4) is 0 Å². The zero-order valence-corrected chi connectivity index (χ0v) is 16.4. The smallest absolute Gasteiger partial charge is 0.166 e. The molecule has 0 aliphatic heterocycles.